The van der Waals surface area contributed by atoms with E-state index in [2.05, 4.69) is 62.6 Å². The zero-order valence-electron chi connectivity index (χ0n) is 19.8. The normalized spacial score (nSPS) is 19.7. The second-order valence-electron chi connectivity index (χ2n) is 9.49. The number of aryl methyl sites for hydroxylation is 1. The predicted molar refractivity (Wildman–Crippen MR) is 134 cm³/mol. The summed E-state index contributed by atoms with van der Waals surface area (Å²) in [5, 5.41) is 24.2. The quantitative estimate of drug-likeness (QED) is 0.618. The lowest BCUT2D eigenvalue weighted by Crippen LogP contribution is -2.54. The highest BCUT2D eigenvalue weighted by atomic mass is 15.3. The Morgan fingerprint density at radius 1 is 1.06 bits per heavy atom. The van der Waals surface area contributed by atoms with Crippen LogP contribution in [-0.4, -0.2) is 47.3 Å². The molecule has 3 heterocycles. The maximum Gasteiger partial charge on any atom is 0.157 e. The average Bonchev–Trinajstić information content (AvgIpc) is 2.85. The Labute approximate surface area is 196 Å². The van der Waals surface area contributed by atoms with Gasteiger partial charge in [-0.25, -0.2) is 0 Å². The van der Waals surface area contributed by atoms with Gasteiger partial charge in [0.1, 0.15) is 0 Å². The second-order valence-corrected chi connectivity index (χ2v) is 9.49. The highest BCUT2D eigenvalue weighted by Gasteiger charge is 2.29. The van der Waals surface area contributed by atoms with Crippen LogP contribution in [0.1, 0.15) is 54.6 Å². The molecule has 0 bridgehead atoms. The number of nitriles is 1. The Morgan fingerprint density at radius 2 is 1.94 bits per heavy atom. The summed E-state index contributed by atoms with van der Waals surface area (Å²) in [4.78, 5) is 5.21. The summed E-state index contributed by atoms with van der Waals surface area (Å²) < 4.78 is 0. The molecule has 0 radical (unpaired) electrons. The Bertz CT molecular complexity index is 1210. The van der Waals surface area contributed by atoms with Crippen LogP contribution >= 0.6 is 0 Å². The van der Waals surface area contributed by atoms with Crippen LogP contribution in [0.25, 0.3) is 10.8 Å². The molecule has 2 aromatic carbocycles. The topological polar surface area (TPSA) is 68.1 Å². The summed E-state index contributed by atoms with van der Waals surface area (Å²) in [5.41, 5.74) is 5.03. The van der Waals surface area contributed by atoms with E-state index in [1.807, 2.05) is 26.0 Å². The molecule has 5 rings (SSSR count). The van der Waals surface area contributed by atoms with Crippen molar-refractivity contribution >= 4 is 22.3 Å². The lowest BCUT2D eigenvalue weighted by Gasteiger charge is -2.45. The highest BCUT2D eigenvalue weighted by molar-refractivity contribution is 5.95. The number of piperidine rings is 1. The fourth-order valence-electron chi connectivity index (χ4n) is 5.50. The molecule has 33 heavy (non-hydrogen) atoms. The molecule has 2 saturated heterocycles. The average molecular weight is 441 g/mol. The molecule has 2 aliphatic rings. The first-order chi connectivity index (χ1) is 16.0. The molecule has 6 heteroatoms. The van der Waals surface area contributed by atoms with E-state index in [0.29, 0.717) is 11.6 Å². The monoisotopic (exact) mass is 440 g/mol. The van der Waals surface area contributed by atoms with Crippen molar-refractivity contribution in [1.29, 1.82) is 5.26 Å². The molecule has 2 atom stereocenters. The second kappa shape index (κ2) is 8.99. The Hall–Kier alpha value is -3.17. The van der Waals surface area contributed by atoms with Crippen molar-refractivity contribution in [3.05, 3.63) is 58.8 Å². The summed E-state index contributed by atoms with van der Waals surface area (Å²) in [7, 11) is 0. The standard InChI is InChI=1S/C27H32N6/c1-18-21(16-28)7-6-9-24(18)19(2)29-27-26-15-22(10-11-25(26)20(3)30-31-27)33-14-13-32-12-5-4-8-23(32)17-33/h6-7,9-11,15,19,23H,4-5,8,12-14,17H2,1-3H3,(H,29,31)/t19?,23-/m1/s1. The molecule has 0 aliphatic carbocycles. The van der Waals surface area contributed by atoms with Gasteiger partial charge in [0.05, 0.1) is 23.4 Å². The number of fused-ring (bicyclic) bond motifs is 2. The summed E-state index contributed by atoms with van der Waals surface area (Å²) in [6.45, 7) is 10.7. The first-order valence-corrected chi connectivity index (χ1v) is 12.1. The largest absolute Gasteiger partial charge is 0.369 e. The number of anilines is 2. The number of hydrogen-bond acceptors (Lipinski definition) is 6. The fourth-order valence-corrected chi connectivity index (χ4v) is 5.50. The van der Waals surface area contributed by atoms with Crippen LogP contribution in [-0.2, 0) is 0 Å². The van der Waals surface area contributed by atoms with Crippen LogP contribution in [0.15, 0.2) is 36.4 Å². The predicted octanol–water partition coefficient (Wildman–Crippen LogP) is 4.97. The van der Waals surface area contributed by atoms with Crippen LogP contribution in [0.3, 0.4) is 0 Å². The van der Waals surface area contributed by atoms with E-state index in [1.54, 1.807) is 0 Å². The Balaban J connectivity index is 1.46. The van der Waals surface area contributed by atoms with E-state index >= 15 is 0 Å². The smallest absolute Gasteiger partial charge is 0.157 e. The van der Waals surface area contributed by atoms with Gasteiger partial charge < -0.3 is 10.2 Å². The van der Waals surface area contributed by atoms with Gasteiger partial charge in [0.15, 0.2) is 5.82 Å². The molecular weight excluding hydrogens is 408 g/mol. The third-order valence-electron chi connectivity index (χ3n) is 7.47. The SMILES string of the molecule is Cc1c(C#N)cccc1C(C)Nc1nnc(C)c2ccc(N3CCN4CCCC[C@@H]4C3)cc12. The van der Waals surface area contributed by atoms with Crippen molar-refractivity contribution in [3.63, 3.8) is 0 Å². The molecule has 1 N–H and O–H groups in total. The molecular formula is C27H32N6. The molecule has 0 saturated carbocycles. The Morgan fingerprint density at radius 3 is 2.79 bits per heavy atom. The third-order valence-corrected chi connectivity index (χ3v) is 7.47. The van der Waals surface area contributed by atoms with E-state index in [0.717, 1.165) is 53.0 Å². The van der Waals surface area contributed by atoms with E-state index in [1.165, 1.54) is 31.5 Å². The first-order valence-electron chi connectivity index (χ1n) is 12.1. The first kappa shape index (κ1) is 21.7. The summed E-state index contributed by atoms with van der Waals surface area (Å²) in [5.74, 6) is 0.794. The van der Waals surface area contributed by atoms with E-state index in [4.69, 9.17) is 0 Å². The number of piperazine rings is 1. The van der Waals surface area contributed by atoms with Gasteiger partial charge in [-0.3, -0.25) is 4.90 Å². The van der Waals surface area contributed by atoms with Crippen molar-refractivity contribution in [2.24, 2.45) is 0 Å². The summed E-state index contributed by atoms with van der Waals surface area (Å²) in [6, 6.07) is 15.6. The molecule has 1 unspecified atom stereocenters. The number of benzene rings is 2. The minimum absolute atomic E-state index is 0.00736. The maximum absolute atomic E-state index is 9.41. The zero-order chi connectivity index (χ0) is 22.9. The fraction of sp³-hybridized carbons (Fsp3) is 0.444. The van der Waals surface area contributed by atoms with E-state index < -0.39 is 0 Å². The maximum atomic E-state index is 9.41. The molecule has 0 spiro atoms. The molecule has 3 aromatic rings. The lowest BCUT2D eigenvalue weighted by molar-refractivity contribution is 0.133. The van der Waals surface area contributed by atoms with Crippen LogP contribution in [0.5, 0.6) is 0 Å². The molecule has 2 fully saturated rings. The number of rotatable bonds is 4. The van der Waals surface area contributed by atoms with Gasteiger partial charge >= 0.3 is 0 Å². The minimum atomic E-state index is 0.00736. The van der Waals surface area contributed by atoms with Gasteiger partial charge in [-0.15, -0.1) is 5.10 Å². The lowest BCUT2D eigenvalue weighted by atomic mass is 9.98. The van der Waals surface area contributed by atoms with Crippen molar-refractivity contribution in [2.75, 3.05) is 36.4 Å². The van der Waals surface area contributed by atoms with Gasteiger partial charge in [-0.1, -0.05) is 24.6 Å². The van der Waals surface area contributed by atoms with Crippen molar-refractivity contribution < 1.29 is 0 Å². The molecule has 170 valence electrons. The van der Waals surface area contributed by atoms with Gasteiger partial charge in [-0.2, -0.15) is 10.4 Å². The van der Waals surface area contributed by atoms with Crippen molar-refractivity contribution in [2.45, 2.75) is 52.1 Å². The van der Waals surface area contributed by atoms with E-state index in [9.17, 15) is 5.26 Å². The highest BCUT2D eigenvalue weighted by Crippen LogP contribution is 2.32. The number of nitrogens with zero attached hydrogens (tertiary/aromatic N) is 5. The van der Waals surface area contributed by atoms with Crippen LogP contribution in [0.4, 0.5) is 11.5 Å². The van der Waals surface area contributed by atoms with Crippen LogP contribution in [0, 0.1) is 25.2 Å². The van der Waals surface area contributed by atoms with Crippen molar-refractivity contribution in [3.8, 4) is 6.07 Å². The number of nitrogens with one attached hydrogen (secondary N) is 1. The molecule has 2 aliphatic heterocycles. The minimum Gasteiger partial charge on any atom is -0.369 e. The van der Waals surface area contributed by atoms with Crippen molar-refractivity contribution in [1.82, 2.24) is 15.1 Å². The van der Waals surface area contributed by atoms with Gasteiger partial charge in [-0.05, 0) is 69.5 Å². The molecule has 0 amide bonds. The van der Waals surface area contributed by atoms with Gasteiger partial charge in [0.2, 0.25) is 0 Å². The molecule has 6 nitrogen and oxygen atoms in total. The molecule has 1 aromatic heterocycles. The van der Waals surface area contributed by atoms with Crippen LogP contribution < -0.4 is 10.2 Å². The van der Waals surface area contributed by atoms with Gasteiger partial charge in [0.25, 0.3) is 0 Å². The zero-order valence-corrected chi connectivity index (χ0v) is 19.8. The third kappa shape index (κ3) is 4.14. The van der Waals surface area contributed by atoms with E-state index in [-0.39, 0.29) is 6.04 Å². The summed E-state index contributed by atoms with van der Waals surface area (Å²) >= 11 is 0. The van der Waals surface area contributed by atoms with Crippen LogP contribution in [0.2, 0.25) is 0 Å². The van der Waals surface area contributed by atoms with Gasteiger partial charge in [0, 0.05) is 42.1 Å². The Kier molecular flexibility index (Phi) is 5.90. The number of aromatic nitrogens is 2. The number of hydrogen-bond donors (Lipinski definition) is 1. The summed E-state index contributed by atoms with van der Waals surface area (Å²) in [6.07, 6.45) is 3.99.